The summed E-state index contributed by atoms with van der Waals surface area (Å²) in [5, 5.41) is 14.1. The minimum Gasteiger partial charge on any atom is -0.444 e. The van der Waals surface area contributed by atoms with Gasteiger partial charge in [0.05, 0.1) is 24.5 Å². The molecule has 0 spiro atoms. The zero-order chi connectivity index (χ0) is 15.8. The van der Waals surface area contributed by atoms with Crippen LogP contribution >= 0.6 is 0 Å². The summed E-state index contributed by atoms with van der Waals surface area (Å²) in [6.07, 6.45) is 0.398. The van der Waals surface area contributed by atoms with Crippen molar-refractivity contribution in [2.24, 2.45) is 0 Å². The van der Waals surface area contributed by atoms with Crippen LogP contribution in [0.1, 0.15) is 57.6 Å². The highest BCUT2D eigenvalue weighted by atomic mass is 16.6. The number of hydrogen-bond donors (Lipinski definition) is 1. The molecule has 0 bridgehead atoms. The average Bonchev–Trinajstić information content (AvgIpc) is 2.74. The normalized spacial score (nSPS) is 15.3. The van der Waals surface area contributed by atoms with E-state index < -0.39 is 5.60 Å². The van der Waals surface area contributed by atoms with Crippen LogP contribution in [0.4, 0.5) is 4.79 Å². The predicted octanol–water partition coefficient (Wildman–Crippen LogP) is 2.25. The third kappa shape index (κ3) is 3.37. The highest BCUT2D eigenvalue weighted by Gasteiger charge is 2.29. The minimum atomic E-state index is -0.495. The van der Waals surface area contributed by atoms with Gasteiger partial charge >= 0.3 is 6.09 Å². The Balaban J connectivity index is 2.19. The van der Waals surface area contributed by atoms with E-state index >= 15 is 0 Å². The second-order valence-electron chi connectivity index (χ2n) is 6.72. The van der Waals surface area contributed by atoms with E-state index in [0.717, 1.165) is 17.0 Å². The van der Waals surface area contributed by atoms with Crippen molar-refractivity contribution in [3.63, 3.8) is 0 Å². The Labute approximate surface area is 125 Å². The topological polar surface area (TPSA) is 67.6 Å². The fourth-order valence-corrected chi connectivity index (χ4v) is 2.56. The van der Waals surface area contributed by atoms with Gasteiger partial charge in [0.1, 0.15) is 5.60 Å². The number of aliphatic hydroxyl groups excluding tert-OH is 1. The van der Waals surface area contributed by atoms with Gasteiger partial charge < -0.3 is 14.7 Å². The molecule has 0 aromatic carbocycles. The quantitative estimate of drug-likeness (QED) is 0.908. The van der Waals surface area contributed by atoms with Crippen molar-refractivity contribution in [1.29, 1.82) is 0 Å². The Morgan fingerprint density at radius 3 is 2.62 bits per heavy atom. The molecule has 1 aliphatic rings. The van der Waals surface area contributed by atoms with Crippen LogP contribution in [-0.2, 0) is 24.3 Å². The predicted molar refractivity (Wildman–Crippen MR) is 78.9 cm³/mol. The molecule has 1 aromatic rings. The first-order valence-corrected chi connectivity index (χ1v) is 7.41. The molecular formula is C15H25N3O3. The van der Waals surface area contributed by atoms with Crippen molar-refractivity contribution in [2.45, 2.75) is 65.8 Å². The maximum atomic E-state index is 12.1. The van der Waals surface area contributed by atoms with Gasteiger partial charge in [-0.15, -0.1) is 0 Å². The molecule has 0 fully saturated rings. The number of nitrogens with zero attached hydrogens (tertiary/aromatic N) is 3. The van der Waals surface area contributed by atoms with Gasteiger partial charge in [-0.25, -0.2) is 4.79 Å². The van der Waals surface area contributed by atoms with E-state index in [2.05, 4.69) is 5.10 Å². The smallest absolute Gasteiger partial charge is 0.410 e. The molecule has 0 unspecified atom stereocenters. The number of ether oxygens (including phenoxy) is 1. The lowest BCUT2D eigenvalue weighted by Gasteiger charge is -2.29. The van der Waals surface area contributed by atoms with Crippen LogP contribution in [-0.4, -0.2) is 38.0 Å². The Morgan fingerprint density at radius 2 is 2.10 bits per heavy atom. The molecule has 0 saturated carbocycles. The summed E-state index contributed by atoms with van der Waals surface area (Å²) < 4.78 is 7.26. The molecule has 0 aliphatic carbocycles. The molecule has 1 aromatic heterocycles. The lowest BCUT2D eigenvalue weighted by atomic mass is 10.0. The molecule has 6 nitrogen and oxygen atoms in total. The third-order valence-corrected chi connectivity index (χ3v) is 3.46. The second kappa shape index (κ2) is 5.67. The summed E-state index contributed by atoms with van der Waals surface area (Å²) in [7, 11) is 0. The largest absolute Gasteiger partial charge is 0.444 e. The van der Waals surface area contributed by atoms with Crippen LogP contribution < -0.4 is 0 Å². The van der Waals surface area contributed by atoms with Crippen molar-refractivity contribution in [3.05, 3.63) is 17.0 Å². The number of carbonyl (C=O) groups excluding carboxylic acids is 1. The molecule has 2 rings (SSSR count). The van der Waals surface area contributed by atoms with Crippen LogP contribution in [0.15, 0.2) is 0 Å². The second-order valence-corrected chi connectivity index (χ2v) is 6.72. The van der Waals surface area contributed by atoms with E-state index in [1.165, 1.54) is 0 Å². The molecule has 2 heterocycles. The van der Waals surface area contributed by atoms with Gasteiger partial charge in [-0.05, 0) is 41.0 Å². The first-order valence-electron chi connectivity index (χ1n) is 7.41. The highest BCUT2D eigenvalue weighted by Crippen LogP contribution is 2.25. The summed E-state index contributed by atoms with van der Waals surface area (Å²) in [4.78, 5) is 13.8. The molecule has 118 valence electrons. The molecule has 1 amide bonds. The van der Waals surface area contributed by atoms with E-state index in [1.54, 1.807) is 4.90 Å². The molecule has 0 saturated heterocycles. The SMILES string of the molecule is CC(C)n1nc2c(c1CO)CCN(C(=O)OC(C)(C)C)C2. The maximum Gasteiger partial charge on any atom is 0.410 e. The summed E-state index contributed by atoms with van der Waals surface area (Å²) in [6, 6.07) is 0.188. The van der Waals surface area contributed by atoms with Gasteiger partial charge in [-0.2, -0.15) is 5.10 Å². The average molecular weight is 295 g/mol. The van der Waals surface area contributed by atoms with E-state index in [0.29, 0.717) is 19.5 Å². The standard InChI is InChI=1S/C15H25N3O3/c1-10(2)18-13(9-19)11-6-7-17(8-12(11)16-18)14(20)21-15(3,4)5/h10,19H,6-9H2,1-5H3. The Hall–Kier alpha value is -1.56. The highest BCUT2D eigenvalue weighted by molar-refractivity contribution is 5.68. The molecule has 0 radical (unpaired) electrons. The Kier molecular flexibility index (Phi) is 4.27. The maximum absolute atomic E-state index is 12.1. The first kappa shape index (κ1) is 15.8. The van der Waals surface area contributed by atoms with Crippen molar-refractivity contribution in [3.8, 4) is 0 Å². The third-order valence-electron chi connectivity index (χ3n) is 3.46. The first-order chi connectivity index (χ1) is 9.73. The lowest BCUT2D eigenvalue weighted by molar-refractivity contribution is 0.0221. The molecule has 0 atom stereocenters. The zero-order valence-corrected chi connectivity index (χ0v) is 13.5. The Bertz CT molecular complexity index is 529. The summed E-state index contributed by atoms with van der Waals surface area (Å²) in [6.45, 7) is 10.7. The summed E-state index contributed by atoms with van der Waals surface area (Å²) in [5.74, 6) is 0. The number of carbonyl (C=O) groups is 1. The lowest BCUT2D eigenvalue weighted by Crippen LogP contribution is -2.39. The number of aliphatic hydroxyl groups is 1. The minimum absolute atomic E-state index is 0.0209. The molecule has 21 heavy (non-hydrogen) atoms. The van der Waals surface area contributed by atoms with E-state index in [1.807, 2.05) is 39.3 Å². The molecule has 1 N–H and O–H groups in total. The number of hydrogen-bond acceptors (Lipinski definition) is 4. The van der Waals surface area contributed by atoms with Crippen LogP contribution in [0.25, 0.3) is 0 Å². The molecule has 6 heteroatoms. The molecular weight excluding hydrogens is 270 g/mol. The molecule has 1 aliphatic heterocycles. The van der Waals surface area contributed by atoms with Crippen LogP contribution in [0.5, 0.6) is 0 Å². The van der Waals surface area contributed by atoms with Crippen LogP contribution in [0.3, 0.4) is 0 Å². The zero-order valence-electron chi connectivity index (χ0n) is 13.5. The number of aromatic nitrogens is 2. The fraction of sp³-hybridized carbons (Fsp3) is 0.733. The number of fused-ring (bicyclic) bond motifs is 1. The summed E-state index contributed by atoms with van der Waals surface area (Å²) >= 11 is 0. The van der Waals surface area contributed by atoms with Gasteiger partial charge in [0.15, 0.2) is 0 Å². The number of amides is 1. The van der Waals surface area contributed by atoms with Crippen LogP contribution in [0, 0.1) is 0 Å². The van der Waals surface area contributed by atoms with Crippen molar-refractivity contribution >= 4 is 6.09 Å². The van der Waals surface area contributed by atoms with E-state index in [4.69, 9.17) is 4.74 Å². The summed E-state index contributed by atoms with van der Waals surface area (Å²) in [5.41, 5.74) is 2.31. The van der Waals surface area contributed by atoms with Crippen molar-refractivity contribution in [2.75, 3.05) is 6.54 Å². The van der Waals surface area contributed by atoms with Crippen LogP contribution in [0.2, 0.25) is 0 Å². The van der Waals surface area contributed by atoms with Gasteiger partial charge in [-0.3, -0.25) is 4.68 Å². The van der Waals surface area contributed by atoms with Gasteiger partial charge in [0.25, 0.3) is 0 Å². The van der Waals surface area contributed by atoms with E-state index in [9.17, 15) is 9.90 Å². The Morgan fingerprint density at radius 1 is 1.43 bits per heavy atom. The van der Waals surface area contributed by atoms with E-state index in [-0.39, 0.29) is 18.7 Å². The fourth-order valence-electron chi connectivity index (χ4n) is 2.56. The van der Waals surface area contributed by atoms with Crippen molar-refractivity contribution < 1.29 is 14.6 Å². The van der Waals surface area contributed by atoms with Crippen molar-refractivity contribution in [1.82, 2.24) is 14.7 Å². The van der Waals surface area contributed by atoms with Gasteiger partial charge in [0, 0.05) is 18.2 Å². The number of rotatable bonds is 2. The van der Waals surface area contributed by atoms with Gasteiger partial charge in [-0.1, -0.05) is 0 Å². The monoisotopic (exact) mass is 295 g/mol. The van der Waals surface area contributed by atoms with Gasteiger partial charge in [0.2, 0.25) is 0 Å².